The number of non-ortho nitro benzene ring substituents is 1. The molecule has 8 amide bonds. The Kier molecular flexibility index (Phi) is 54.0. The molecule has 0 bridgehead atoms. The number of nitrogens with one attached hydrogen (secondary N) is 9. The number of hydrogen-bond acceptors (Lipinski definition) is 40. The molecule has 0 radical (unpaired) electrons. The molecule has 3 aliphatic rings. The van der Waals surface area contributed by atoms with E-state index in [1.165, 1.54) is 26.8 Å². The van der Waals surface area contributed by atoms with Crippen LogP contribution < -0.4 is 47.9 Å². The highest BCUT2D eigenvalue weighted by atomic mass is 16.7. The Morgan fingerprint density at radius 1 is 0.388 bits per heavy atom. The lowest BCUT2D eigenvalue weighted by Gasteiger charge is -2.42. The van der Waals surface area contributed by atoms with Gasteiger partial charge >= 0.3 is 0 Å². The molecule has 0 aromatic heterocycles. The summed E-state index contributed by atoms with van der Waals surface area (Å²) in [7, 11) is 0. The lowest BCUT2D eigenvalue weighted by molar-refractivity contribution is -0.393. The van der Waals surface area contributed by atoms with Crippen LogP contribution in [-0.4, -0.2) is 431 Å². The third kappa shape index (κ3) is 43.1. The number of anilines is 1. The van der Waals surface area contributed by atoms with Crippen LogP contribution in [-0.2, 0) is 124 Å². The Balaban J connectivity index is 1.30. The summed E-state index contributed by atoms with van der Waals surface area (Å²) in [6, 6.07) is -0.207. The summed E-state index contributed by atoms with van der Waals surface area (Å²) in [5, 5.41) is 137. The van der Waals surface area contributed by atoms with Crippen LogP contribution in [0.25, 0.3) is 0 Å². The summed E-state index contributed by atoms with van der Waals surface area (Å²) in [6.45, 7) is -0.0724. The first kappa shape index (κ1) is 106. The van der Waals surface area contributed by atoms with Gasteiger partial charge in [-0.2, -0.15) is 0 Å². The highest BCUT2D eigenvalue weighted by Crippen LogP contribution is 2.30. The van der Waals surface area contributed by atoms with E-state index in [0.717, 1.165) is 12.1 Å². The molecule has 0 aliphatic carbocycles. The Morgan fingerprint density at radius 3 is 1.03 bits per heavy atom. The first-order chi connectivity index (χ1) is 58.1. The number of amides is 8. The Morgan fingerprint density at radius 2 is 0.711 bits per heavy atom. The zero-order chi connectivity index (χ0) is 88.7. The Labute approximate surface area is 696 Å². The van der Waals surface area contributed by atoms with E-state index in [-0.39, 0.29) is 203 Å². The minimum absolute atomic E-state index is 0.0227. The molecular weight excluding hydrogens is 1630 g/mol. The van der Waals surface area contributed by atoms with Crippen LogP contribution in [0.3, 0.4) is 0 Å². The fourth-order valence-electron chi connectivity index (χ4n) is 11.4. The molecule has 50 heteroatoms. The molecular formula is C71H121N11O39. The van der Waals surface area contributed by atoms with E-state index in [4.69, 9.17) is 85.3 Å². The first-order valence-corrected chi connectivity index (χ1v) is 39.1. The largest absolute Gasteiger partial charge is 0.394 e. The minimum atomic E-state index is -1.64. The van der Waals surface area contributed by atoms with Crippen molar-refractivity contribution in [3.05, 3.63) is 38.4 Å². The van der Waals surface area contributed by atoms with E-state index in [2.05, 4.69) is 47.9 Å². The van der Waals surface area contributed by atoms with E-state index in [0.29, 0.717) is 0 Å². The van der Waals surface area contributed by atoms with E-state index < -0.39 is 219 Å². The summed E-state index contributed by atoms with van der Waals surface area (Å²) < 4.78 is 101. The van der Waals surface area contributed by atoms with Crippen molar-refractivity contribution in [2.24, 2.45) is 0 Å². The SMILES string of the molecule is CC(=O)N[C@H]1[C@H](OCCOCCOCCNC(=O)CCOCC(COCCC(=O)NCCOCCOCCO[C@@H]2O[C@H](CO)[C@H](O)[C@H](O)[C@H]2NC(C)=O)(COCCC(=O)NCCOCCOCCO[C@@H]2O[C@H](CO)[C@H](O)[C@H](O)[C@H]2NC(C)=O)NC(=O)CNC(=O)COCCOCCOCCNc2ccc([N+](=O)[O-])cc2[N+](=O)[O-])O[C@H](CO)[C@H](O)[C@@H]1O. The molecule has 0 unspecified atom stereocenters. The standard InChI is InChI=1S/C71H121N11O39/c1-45(86)77-59-65(97)62(94)51(38-83)119-68(59)116-33-30-109-25-21-105-17-10-73-54(89)6-13-113-42-71(43-114-14-7-55(90)74-11-18-106-22-26-110-31-34-117-69-60(78-46(2)87)66(98)63(95)52(39-84)120-69,44-115-15-8-56(91)75-12-19-107-23-27-111-32-35-118-70-61(79-47(3)88)67(99)64(96)53(40-85)121-70)80-57(92)37-76-58(93)41-112-29-28-108-24-20-104-16-9-72-49-5-4-48(81(100)101)36-50(49)82(102)103/h4-5,36,51-53,59-70,72,83-85,94-99H,6-35,37-44H2,1-3H3,(H,73,89)(H,74,90)(H,75,91)(H,76,93)(H,77,86)(H,78,87)(H,79,88)(H,80,92)/t51-,52-,53-,59-,60-,61-,62+,63+,64+,65-,66-,67-,68-,69-,70-/m1/s1. The van der Waals surface area contributed by atoms with Gasteiger partial charge < -0.3 is 179 Å². The van der Waals surface area contributed by atoms with Gasteiger partial charge in [0.05, 0.1) is 214 Å². The maximum Gasteiger partial charge on any atom is 0.299 e. The second-order valence-electron chi connectivity index (χ2n) is 27.1. The fourth-order valence-corrected chi connectivity index (χ4v) is 11.4. The molecule has 3 heterocycles. The number of rotatable bonds is 68. The number of carbonyl (C=O) groups excluding carboxylic acids is 8. The van der Waals surface area contributed by atoms with E-state index in [1.807, 2.05) is 0 Å². The molecule has 121 heavy (non-hydrogen) atoms. The molecule has 3 saturated heterocycles. The van der Waals surface area contributed by atoms with Gasteiger partial charge in [-0.05, 0) is 6.07 Å². The second kappa shape index (κ2) is 61.7. The highest BCUT2D eigenvalue weighted by Gasteiger charge is 2.48. The van der Waals surface area contributed by atoms with Gasteiger partial charge in [0, 0.05) is 72.3 Å². The lowest BCUT2D eigenvalue weighted by atomic mass is 9.97. The van der Waals surface area contributed by atoms with Gasteiger partial charge in [-0.25, -0.2) is 0 Å². The summed E-state index contributed by atoms with van der Waals surface area (Å²) in [5.41, 5.74) is -2.50. The van der Waals surface area contributed by atoms with E-state index >= 15 is 0 Å². The number of hydrogen-bond donors (Lipinski definition) is 18. The number of nitro benzene ring substituents is 2. The maximum atomic E-state index is 13.9. The van der Waals surface area contributed by atoms with Crippen molar-refractivity contribution < 1.29 is 179 Å². The molecule has 1 aromatic rings. The lowest BCUT2D eigenvalue weighted by Crippen LogP contribution is -2.64. The van der Waals surface area contributed by atoms with Crippen molar-refractivity contribution in [1.82, 2.24) is 42.5 Å². The topological polar surface area (TPSA) is 679 Å². The first-order valence-electron chi connectivity index (χ1n) is 39.1. The van der Waals surface area contributed by atoms with Crippen LogP contribution in [0.1, 0.15) is 40.0 Å². The number of benzene rings is 1. The number of aliphatic hydroxyl groups excluding tert-OH is 9. The van der Waals surface area contributed by atoms with Crippen molar-refractivity contribution in [2.45, 2.75) is 138 Å². The monoisotopic (exact) mass is 1750 g/mol. The summed E-state index contributed by atoms with van der Waals surface area (Å²) in [4.78, 5) is 122. The normalized spacial score (nSPS) is 22.9. The van der Waals surface area contributed by atoms with Gasteiger partial charge in [0.1, 0.15) is 90.9 Å². The zero-order valence-corrected chi connectivity index (χ0v) is 67.9. The number of carbonyl (C=O) groups is 8. The second-order valence-corrected chi connectivity index (χ2v) is 27.1. The molecule has 50 nitrogen and oxygen atoms in total. The predicted molar refractivity (Wildman–Crippen MR) is 409 cm³/mol. The quantitative estimate of drug-likeness (QED) is 0.0164. The van der Waals surface area contributed by atoms with Gasteiger partial charge in [-0.3, -0.25) is 58.6 Å². The van der Waals surface area contributed by atoms with Crippen molar-refractivity contribution in [3.63, 3.8) is 0 Å². The molecule has 0 saturated carbocycles. The van der Waals surface area contributed by atoms with Gasteiger partial charge in [0.15, 0.2) is 18.9 Å². The smallest absolute Gasteiger partial charge is 0.299 e. The van der Waals surface area contributed by atoms with Crippen LogP contribution in [0.2, 0.25) is 0 Å². The third-order valence-electron chi connectivity index (χ3n) is 17.4. The zero-order valence-electron chi connectivity index (χ0n) is 67.9. The molecule has 18 N–H and O–H groups in total. The van der Waals surface area contributed by atoms with Crippen LogP contribution in [0, 0.1) is 20.2 Å². The molecule has 0 spiro atoms. The third-order valence-corrected chi connectivity index (χ3v) is 17.4. The predicted octanol–water partition coefficient (Wildman–Crippen LogP) is -9.51. The Hall–Kier alpha value is -7.50. The van der Waals surface area contributed by atoms with Crippen molar-refractivity contribution in [3.8, 4) is 0 Å². The molecule has 694 valence electrons. The van der Waals surface area contributed by atoms with Crippen LogP contribution in [0.15, 0.2) is 18.2 Å². The minimum Gasteiger partial charge on any atom is -0.394 e. The average molecular weight is 1750 g/mol. The van der Waals surface area contributed by atoms with Crippen LogP contribution >= 0.6 is 0 Å². The van der Waals surface area contributed by atoms with Crippen LogP contribution in [0.5, 0.6) is 0 Å². The number of ether oxygens (including phenoxy) is 18. The van der Waals surface area contributed by atoms with Gasteiger partial charge in [-0.1, -0.05) is 0 Å². The highest BCUT2D eigenvalue weighted by molar-refractivity contribution is 5.85. The molecule has 4 rings (SSSR count). The Bertz CT molecular complexity index is 2950. The number of nitrogens with zero attached hydrogens (tertiary/aromatic N) is 2. The van der Waals surface area contributed by atoms with Crippen LogP contribution in [0.4, 0.5) is 17.1 Å². The molecule has 3 aliphatic heterocycles. The summed E-state index contributed by atoms with van der Waals surface area (Å²) in [6.07, 6.45) is -16.7. The maximum absolute atomic E-state index is 13.9. The summed E-state index contributed by atoms with van der Waals surface area (Å²) >= 11 is 0. The van der Waals surface area contributed by atoms with Crippen molar-refractivity contribution in [2.75, 3.05) is 236 Å². The summed E-state index contributed by atoms with van der Waals surface area (Å²) in [5.74, 6) is -4.45. The number of aliphatic hydroxyl groups is 9. The van der Waals surface area contributed by atoms with Gasteiger partial charge in [-0.15, -0.1) is 0 Å². The van der Waals surface area contributed by atoms with Crippen molar-refractivity contribution in [1.29, 1.82) is 0 Å². The van der Waals surface area contributed by atoms with Gasteiger partial charge in [0.25, 0.3) is 11.4 Å². The molecule has 1 aromatic carbocycles. The number of nitro groups is 2. The average Bonchev–Trinajstić information content (AvgIpc) is 0.815. The molecule has 3 fully saturated rings. The molecule has 15 atom stereocenters. The van der Waals surface area contributed by atoms with E-state index in [9.17, 15) is 105 Å². The van der Waals surface area contributed by atoms with Gasteiger partial charge in [0.2, 0.25) is 47.3 Å². The van der Waals surface area contributed by atoms with Crippen molar-refractivity contribution >= 4 is 64.3 Å². The van der Waals surface area contributed by atoms with E-state index in [1.54, 1.807) is 0 Å². The fraction of sp³-hybridized carbons (Fsp3) is 0.803.